The van der Waals surface area contributed by atoms with Gasteiger partial charge >= 0.3 is 0 Å². The monoisotopic (exact) mass is 386 g/mol. The number of hydrogen-bond acceptors (Lipinski definition) is 3. The van der Waals surface area contributed by atoms with Gasteiger partial charge in [0.2, 0.25) is 0 Å². The van der Waals surface area contributed by atoms with Crippen molar-refractivity contribution in [3.05, 3.63) is 59.2 Å². The molecule has 0 radical (unpaired) electrons. The summed E-state index contributed by atoms with van der Waals surface area (Å²) in [5, 5.41) is 13.0. The highest BCUT2D eigenvalue weighted by Crippen LogP contribution is 2.11. The zero-order valence-electron chi connectivity index (χ0n) is 18.7. The minimum atomic E-state index is 0.209. The summed E-state index contributed by atoms with van der Waals surface area (Å²) in [6.45, 7) is 10.7. The van der Waals surface area contributed by atoms with E-state index < -0.39 is 0 Å². The first kappa shape index (κ1) is 24.6. The van der Waals surface area contributed by atoms with Crippen LogP contribution in [0.2, 0.25) is 0 Å². The van der Waals surface area contributed by atoms with Crippen LogP contribution in [0.25, 0.3) is 0 Å². The molecule has 158 valence electrons. The lowest BCUT2D eigenvalue weighted by Crippen LogP contribution is -2.45. The minimum absolute atomic E-state index is 0.209. The molecule has 0 aliphatic heterocycles. The quantitative estimate of drug-likeness (QED) is 0.443. The lowest BCUT2D eigenvalue weighted by atomic mass is 10.0. The van der Waals surface area contributed by atoms with Gasteiger partial charge in [-0.05, 0) is 72.4 Å². The number of rotatable bonds is 14. The molecular formula is C25H42N2O. The number of allylic oxidation sites excluding steroid dienone is 4. The Morgan fingerprint density at radius 3 is 2.46 bits per heavy atom. The number of aliphatic hydroxyl groups is 1. The molecule has 0 aliphatic carbocycles. The Kier molecular flexibility index (Phi) is 12.8. The third-order valence-electron chi connectivity index (χ3n) is 5.04. The van der Waals surface area contributed by atoms with Crippen molar-refractivity contribution in [2.45, 2.75) is 71.9 Å². The molecule has 3 nitrogen and oxygen atoms in total. The molecule has 1 aromatic rings. The van der Waals surface area contributed by atoms with Crippen LogP contribution < -0.4 is 5.32 Å². The van der Waals surface area contributed by atoms with E-state index in [1.165, 1.54) is 16.7 Å². The SMILES string of the molecule is CC(C)=CCC/C(C)=C/CCC(C)NC(Cc1ccccc1)CN(C)CCO. The number of likely N-dealkylation sites (N-methyl/N-ethyl adjacent to an activating group) is 1. The standard InChI is InChI=1S/C25H42N2O/c1-21(2)11-9-12-22(3)13-10-14-23(4)26-25(20-27(5)17-18-28)19-24-15-7-6-8-16-24/h6-8,11,13,15-16,23,25-26,28H,9-10,12,14,17-20H2,1-5H3/b22-13+. The number of aliphatic hydroxyl groups excluding tert-OH is 1. The number of nitrogens with zero attached hydrogens (tertiary/aromatic N) is 1. The van der Waals surface area contributed by atoms with Crippen molar-refractivity contribution in [2.75, 3.05) is 26.7 Å². The van der Waals surface area contributed by atoms with Crippen molar-refractivity contribution in [1.29, 1.82) is 0 Å². The highest BCUT2D eigenvalue weighted by Gasteiger charge is 2.15. The van der Waals surface area contributed by atoms with Crippen molar-refractivity contribution in [2.24, 2.45) is 0 Å². The molecule has 0 aliphatic rings. The van der Waals surface area contributed by atoms with Crippen molar-refractivity contribution in [3.63, 3.8) is 0 Å². The Morgan fingerprint density at radius 1 is 1.11 bits per heavy atom. The molecule has 0 spiro atoms. The first-order valence-electron chi connectivity index (χ1n) is 10.8. The third-order valence-corrected chi connectivity index (χ3v) is 5.04. The summed E-state index contributed by atoms with van der Waals surface area (Å²) >= 11 is 0. The van der Waals surface area contributed by atoms with Gasteiger partial charge in [-0.15, -0.1) is 0 Å². The molecule has 2 atom stereocenters. The van der Waals surface area contributed by atoms with Crippen molar-refractivity contribution < 1.29 is 5.11 Å². The van der Waals surface area contributed by atoms with Crippen molar-refractivity contribution >= 4 is 0 Å². The van der Waals surface area contributed by atoms with Gasteiger partial charge in [0.1, 0.15) is 0 Å². The van der Waals surface area contributed by atoms with Crippen molar-refractivity contribution in [3.8, 4) is 0 Å². The normalized spacial score (nSPS) is 14.2. The van der Waals surface area contributed by atoms with E-state index in [1.54, 1.807) is 0 Å². The van der Waals surface area contributed by atoms with Gasteiger partial charge in [0.15, 0.2) is 0 Å². The second-order valence-electron chi connectivity index (χ2n) is 8.39. The Bertz CT molecular complexity index is 575. The van der Waals surface area contributed by atoms with Crippen LogP contribution in [0.3, 0.4) is 0 Å². The third kappa shape index (κ3) is 12.1. The second kappa shape index (κ2) is 14.6. The summed E-state index contributed by atoms with van der Waals surface area (Å²) < 4.78 is 0. The molecule has 28 heavy (non-hydrogen) atoms. The molecule has 0 saturated heterocycles. The van der Waals surface area contributed by atoms with Gasteiger partial charge in [-0.25, -0.2) is 0 Å². The van der Waals surface area contributed by atoms with Crippen LogP contribution in [0, 0.1) is 0 Å². The molecule has 2 unspecified atom stereocenters. The molecule has 2 N–H and O–H groups in total. The van der Waals surface area contributed by atoms with E-state index in [9.17, 15) is 5.11 Å². The van der Waals surface area contributed by atoms with E-state index in [0.29, 0.717) is 12.1 Å². The summed E-state index contributed by atoms with van der Waals surface area (Å²) in [5.41, 5.74) is 4.26. The van der Waals surface area contributed by atoms with E-state index >= 15 is 0 Å². The average molecular weight is 387 g/mol. The molecule has 0 bridgehead atoms. The topological polar surface area (TPSA) is 35.5 Å². The van der Waals surface area contributed by atoms with Crippen molar-refractivity contribution in [1.82, 2.24) is 10.2 Å². The fourth-order valence-electron chi connectivity index (χ4n) is 3.47. The Balaban J connectivity index is 2.50. The zero-order chi connectivity index (χ0) is 20.8. The molecule has 0 fully saturated rings. The second-order valence-corrected chi connectivity index (χ2v) is 8.39. The van der Waals surface area contributed by atoms with Gasteiger partial charge in [0.05, 0.1) is 6.61 Å². The van der Waals surface area contributed by atoms with Gasteiger partial charge in [0.25, 0.3) is 0 Å². The van der Waals surface area contributed by atoms with E-state index in [4.69, 9.17) is 0 Å². The maximum absolute atomic E-state index is 9.21. The van der Waals surface area contributed by atoms with Crippen LogP contribution in [-0.2, 0) is 6.42 Å². The van der Waals surface area contributed by atoms with Gasteiger partial charge in [-0.3, -0.25) is 0 Å². The summed E-state index contributed by atoms with van der Waals surface area (Å²) in [5.74, 6) is 0. The van der Waals surface area contributed by atoms with Gasteiger partial charge in [0, 0.05) is 25.2 Å². The van der Waals surface area contributed by atoms with Crippen LogP contribution in [-0.4, -0.2) is 48.8 Å². The highest BCUT2D eigenvalue weighted by molar-refractivity contribution is 5.16. The molecule has 0 aromatic heterocycles. The van der Waals surface area contributed by atoms with Crippen LogP contribution >= 0.6 is 0 Å². The van der Waals surface area contributed by atoms with E-state index in [2.05, 4.69) is 87.4 Å². The lowest BCUT2D eigenvalue weighted by molar-refractivity contribution is 0.204. The highest BCUT2D eigenvalue weighted by atomic mass is 16.3. The maximum atomic E-state index is 9.21. The molecular weight excluding hydrogens is 344 g/mol. The first-order chi connectivity index (χ1) is 13.4. The molecule has 3 heteroatoms. The van der Waals surface area contributed by atoms with Crippen LogP contribution in [0.4, 0.5) is 0 Å². The lowest BCUT2D eigenvalue weighted by Gasteiger charge is -2.27. The summed E-state index contributed by atoms with van der Waals surface area (Å²) in [4.78, 5) is 2.21. The molecule has 0 heterocycles. The van der Waals surface area contributed by atoms with Gasteiger partial charge < -0.3 is 15.3 Å². The van der Waals surface area contributed by atoms with Gasteiger partial charge in [-0.1, -0.05) is 53.6 Å². The molecule has 1 aromatic carbocycles. The van der Waals surface area contributed by atoms with Crippen LogP contribution in [0.5, 0.6) is 0 Å². The van der Waals surface area contributed by atoms with E-state index in [1.807, 2.05) is 0 Å². The largest absolute Gasteiger partial charge is 0.395 e. The molecule has 1 rings (SSSR count). The zero-order valence-corrected chi connectivity index (χ0v) is 18.7. The average Bonchev–Trinajstić information content (AvgIpc) is 2.62. The van der Waals surface area contributed by atoms with Crippen LogP contribution in [0.1, 0.15) is 58.9 Å². The summed E-state index contributed by atoms with van der Waals surface area (Å²) in [6.07, 6.45) is 10.3. The summed E-state index contributed by atoms with van der Waals surface area (Å²) in [6, 6.07) is 11.5. The minimum Gasteiger partial charge on any atom is -0.395 e. The predicted molar refractivity (Wildman–Crippen MR) is 123 cm³/mol. The smallest absolute Gasteiger partial charge is 0.0558 e. The van der Waals surface area contributed by atoms with E-state index in [-0.39, 0.29) is 6.61 Å². The number of hydrogen-bond donors (Lipinski definition) is 2. The summed E-state index contributed by atoms with van der Waals surface area (Å²) in [7, 11) is 2.08. The fourth-order valence-corrected chi connectivity index (χ4v) is 3.47. The fraction of sp³-hybridized carbons (Fsp3) is 0.600. The molecule has 0 amide bonds. The molecule has 0 saturated carbocycles. The number of benzene rings is 1. The van der Waals surface area contributed by atoms with E-state index in [0.717, 1.165) is 45.2 Å². The van der Waals surface area contributed by atoms with Gasteiger partial charge in [-0.2, -0.15) is 0 Å². The predicted octanol–water partition coefficient (Wildman–Crippen LogP) is 4.97. The Hall–Kier alpha value is -1.42. The van der Waals surface area contributed by atoms with Crippen LogP contribution in [0.15, 0.2) is 53.6 Å². The Morgan fingerprint density at radius 2 is 1.82 bits per heavy atom. The first-order valence-corrected chi connectivity index (χ1v) is 10.8. The maximum Gasteiger partial charge on any atom is 0.0558 e. The Labute approximate surface area is 173 Å². The number of nitrogens with one attached hydrogen (secondary N) is 1.